The highest BCUT2D eigenvalue weighted by molar-refractivity contribution is 5.78. The van der Waals surface area contributed by atoms with Gasteiger partial charge in [0.1, 0.15) is 5.75 Å². The third-order valence-corrected chi connectivity index (χ3v) is 5.03. The number of rotatable bonds is 7. The third-order valence-electron chi connectivity index (χ3n) is 5.03. The number of carbonyl (C=O) groups excluding carboxylic acids is 1. The molecule has 0 spiro atoms. The molecule has 0 aliphatic carbocycles. The smallest absolute Gasteiger partial charge is 0.311 e. The first-order valence-electron chi connectivity index (χ1n) is 9.01. The Balaban J connectivity index is 1.63. The van der Waals surface area contributed by atoms with Crippen LogP contribution in [0.15, 0.2) is 48.5 Å². The zero-order valence-corrected chi connectivity index (χ0v) is 15.6. The maximum absolute atomic E-state index is 12.6. The molecule has 0 bridgehead atoms. The second-order valence-electron chi connectivity index (χ2n) is 6.69. The van der Waals surface area contributed by atoms with Gasteiger partial charge in [-0.1, -0.05) is 30.3 Å². The Morgan fingerprint density at radius 3 is 2.64 bits per heavy atom. The molecular formula is C20H23N3O5. The predicted molar refractivity (Wildman–Crippen MR) is 103 cm³/mol. The van der Waals surface area contributed by atoms with Gasteiger partial charge < -0.3 is 20.1 Å². The topological polar surface area (TPSA) is 108 Å². The van der Waals surface area contributed by atoms with Crippen molar-refractivity contribution in [3.63, 3.8) is 0 Å². The largest absolute Gasteiger partial charge is 0.490 e. The van der Waals surface area contributed by atoms with Crippen molar-refractivity contribution in [1.82, 2.24) is 4.90 Å². The SMILES string of the molecule is COc1cc(OCC(=O)N2C[C@@H](CN)[C@H](c3ccccc3)C2)ccc1[N+](=O)[O-]. The molecule has 1 saturated heterocycles. The number of nitro groups is 1. The first-order chi connectivity index (χ1) is 13.5. The molecule has 8 nitrogen and oxygen atoms in total. The van der Waals surface area contributed by atoms with Crippen molar-refractivity contribution >= 4 is 11.6 Å². The molecule has 2 aromatic rings. The lowest BCUT2D eigenvalue weighted by Gasteiger charge is -2.17. The Morgan fingerprint density at radius 1 is 1.25 bits per heavy atom. The lowest BCUT2D eigenvalue weighted by Crippen LogP contribution is -2.33. The van der Waals surface area contributed by atoms with Crippen LogP contribution in [0.4, 0.5) is 5.69 Å². The highest BCUT2D eigenvalue weighted by Crippen LogP contribution is 2.33. The van der Waals surface area contributed by atoms with Gasteiger partial charge in [-0.05, 0) is 24.1 Å². The monoisotopic (exact) mass is 385 g/mol. The van der Waals surface area contributed by atoms with Gasteiger partial charge in [0.2, 0.25) is 5.75 Å². The summed E-state index contributed by atoms with van der Waals surface area (Å²) in [6.45, 7) is 1.53. The molecule has 8 heteroatoms. The second-order valence-corrected chi connectivity index (χ2v) is 6.69. The van der Waals surface area contributed by atoms with Crippen molar-refractivity contribution in [3.8, 4) is 11.5 Å². The molecule has 2 N–H and O–H groups in total. The summed E-state index contributed by atoms with van der Waals surface area (Å²) in [5.74, 6) is 0.683. The average molecular weight is 385 g/mol. The van der Waals surface area contributed by atoms with Crippen LogP contribution in [0.3, 0.4) is 0 Å². The summed E-state index contributed by atoms with van der Waals surface area (Å²) in [5.41, 5.74) is 6.94. The van der Waals surface area contributed by atoms with Crippen LogP contribution >= 0.6 is 0 Å². The number of carbonyl (C=O) groups is 1. The molecule has 1 heterocycles. The molecule has 1 fully saturated rings. The van der Waals surface area contributed by atoms with Gasteiger partial charge >= 0.3 is 5.69 Å². The van der Waals surface area contributed by atoms with E-state index in [1.54, 1.807) is 4.90 Å². The van der Waals surface area contributed by atoms with Crippen LogP contribution in [-0.4, -0.2) is 49.1 Å². The van der Waals surface area contributed by atoms with Crippen molar-refractivity contribution in [2.75, 3.05) is 33.4 Å². The minimum Gasteiger partial charge on any atom is -0.490 e. The maximum Gasteiger partial charge on any atom is 0.311 e. The number of likely N-dealkylation sites (tertiary alicyclic amines) is 1. The molecule has 1 aliphatic heterocycles. The van der Waals surface area contributed by atoms with E-state index in [4.69, 9.17) is 15.2 Å². The quantitative estimate of drug-likeness (QED) is 0.578. The third kappa shape index (κ3) is 4.23. The summed E-state index contributed by atoms with van der Waals surface area (Å²) >= 11 is 0. The van der Waals surface area contributed by atoms with E-state index in [0.717, 1.165) is 0 Å². The molecular weight excluding hydrogens is 362 g/mol. The van der Waals surface area contributed by atoms with Gasteiger partial charge in [0, 0.05) is 31.1 Å². The summed E-state index contributed by atoms with van der Waals surface area (Å²) < 4.78 is 10.6. The molecule has 0 saturated carbocycles. The number of benzene rings is 2. The normalized spacial score (nSPS) is 18.7. The average Bonchev–Trinajstić information content (AvgIpc) is 3.17. The van der Waals surface area contributed by atoms with Crippen LogP contribution in [0.2, 0.25) is 0 Å². The van der Waals surface area contributed by atoms with Crippen LogP contribution in [0.25, 0.3) is 0 Å². The number of ether oxygens (including phenoxy) is 2. The van der Waals surface area contributed by atoms with E-state index in [-0.39, 0.29) is 35.8 Å². The van der Waals surface area contributed by atoms with Gasteiger partial charge in [-0.15, -0.1) is 0 Å². The number of nitro benzene ring substituents is 1. The summed E-state index contributed by atoms with van der Waals surface area (Å²) in [6, 6.07) is 14.2. The van der Waals surface area contributed by atoms with Crippen molar-refractivity contribution in [2.45, 2.75) is 5.92 Å². The summed E-state index contributed by atoms with van der Waals surface area (Å²) in [4.78, 5) is 24.8. The van der Waals surface area contributed by atoms with Crippen LogP contribution in [0, 0.1) is 16.0 Å². The van der Waals surface area contributed by atoms with Crippen LogP contribution in [0.1, 0.15) is 11.5 Å². The van der Waals surface area contributed by atoms with E-state index >= 15 is 0 Å². The molecule has 1 aliphatic rings. The number of methoxy groups -OCH3 is 1. The number of hydrogen-bond acceptors (Lipinski definition) is 6. The summed E-state index contributed by atoms with van der Waals surface area (Å²) in [5, 5.41) is 11.0. The Labute approximate surface area is 163 Å². The lowest BCUT2D eigenvalue weighted by molar-refractivity contribution is -0.385. The van der Waals surface area contributed by atoms with Gasteiger partial charge in [0.25, 0.3) is 5.91 Å². The van der Waals surface area contributed by atoms with Crippen LogP contribution in [0.5, 0.6) is 11.5 Å². The fourth-order valence-electron chi connectivity index (χ4n) is 3.53. The van der Waals surface area contributed by atoms with E-state index in [0.29, 0.717) is 25.4 Å². The molecule has 0 aromatic heterocycles. The fraction of sp³-hybridized carbons (Fsp3) is 0.350. The van der Waals surface area contributed by atoms with Gasteiger partial charge in [-0.2, -0.15) is 0 Å². The molecule has 1 amide bonds. The Hall–Kier alpha value is -3.13. The highest BCUT2D eigenvalue weighted by atomic mass is 16.6. The molecule has 28 heavy (non-hydrogen) atoms. The van der Waals surface area contributed by atoms with Crippen molar-refractivity contribution < 1.29 is 19.2 Å². The van der Waals surface area contributed by atoms with Gasteiger partial charge in [-0.25, -0.2) is 0 Å². The first-order valence-corrected chi connectivity index (χ1v) is 9.01. The van der Waals surface area contributed by atoms with Gasteiger partial charge in [-0.3, -0.25) is 14.9 Å². The zero-order chi connectivity index (χ0) is 20.1. The van der Waals surface area contributed by atoms with E-state index in [1.807, 2.05) is 18.2 Å². The Bertz CT molecular complexity index is 843. The number of amides is 1. The molecule has 0 radical (unpaired) electrons. The second kappa shape index (κ2) is 8.71. The molecule has 148 valence electrons. The highest BCUT2D eigenvalue weighted by Gasteiger charge is 2.35. The van der Waals surface area contributed by atoms with E-state index in [9.17, 15) is 14.9 Å². The van der Waals surface area contributed by atoms with Gasteiger partial charge in [0.05, 0.1) is 12.0 Å². The van der Waals surface area contributed by atoms with Crippen molar-refractivity contribution in [2.24, 2.45) is 11.7 Å². The minimum atomic E-state index is -0.533. The minimum absolute atomic E-state index is 0.0865. The standard InChI is InChI=1S/C20H23N3O5/c1-27-19-9-16(7-8-18(19)23(25)26)28-13-20(24)22-11-15(10-21)17(12-22)14-5-3-2-4-6-14/h2-9,15,17H,10-13,21H2,1H3/t15-,17+/m1/s1. The molecule has 2 aromatic carbocycles. The first kappa shape index (κ1) is 19.6. The van der Waals surface area contributed by atoms with Crippen LogP contribution < -0.4 is 15.2 Å². The number of hydrogen-bond donors (Lipinski definition) is 1. The molecule has 2 atom stereocenters. The Morgan fingerprint density at radius 2 is 2.00 bits per heavy atom. The van der Waals surface area contributed by atoms with E-state index in [1.165, 1.54) is 30.9 Å². The van der Waals surface area contributed by atoms with Gasteiger partial charge in [0.15, 0.2) is 6.61 Å². The van der Waals surface area contributed by atoms with Crippen molar-refractivity contribution in [1.29, 1.82) is 0 Å². The Kier molecular flexibility index (Phi) is 6.10. The zero-order valence-electron chi connectivity index (χ0n) is 15.6. The fourth-order valence-corrected chi connectivity index (χ4v) is 3.53. The maximum atomic E-state index is 12.6. The van der Waals surface area contributed by atoms with E-state index < -0.39 is 4.92 Å². The summed E-state index contributed by atoms with van der Waals surface area (Å²) in [6.07, 6.45) is 0. The predicted octanol–water partition coefficient (Wildman–Crippen LogP) is 2.18. The summed E-state index contributed by atoms with van der Waals surface area (Å²) in [7, 11) is 1.35. The number of nitrogens with two attached hydrogens (primary N) is 1. The van der Waals surface area contributed by atoms with Crippen LogP contribution in [-0.2, 0) is 4.79 Å². The molecule has 3 rings (SSSR count). The van der Waals surface area contributed by atoms with E-state index in [2.05, 4.69) is 12.1 Å². The number of nitrogens with zero attached hydrogens (tertiary/aromatic N) is 2. The lowest BCUT2D eigenvalue weighted by atomic mass is 9.89. The molecule has 0 unspecified atom stereocenters. The van der Waals surface area contributed by atoms with Crippen molar-refractivity contribution in [3.05, 3.63) is 64.2 Å².